The van der Waals surface area contributed by atoms with Crippen LogP contribution in [0.2, 0.25) is 0 Å². The summed E-state index contributed by atoms with van der Waals surface area (Å²) in [6.45, 7) is 7.06. The Morgan fingerprint density at radius 1 is 1.11 bits per heavy atom. The number of methoxy groups -OCH3 is 1. The van der Waals surface area contributed by atoms with E-state index in [1.807, 2.05) is 18.2 Å². The summed E-state index contributed by atoms with van der Waals surface area (Å²) in [5.74, 6) is 0.387. The van der Waals surface area contributed by atoms with Gasteiger partial charge >= 0.3 is 0 Å². The molecule has 0 radical (unpaired) electrons. The molecule has 0 heterocycles. The Morgan fingerprint density at radius 2 is 1.83 bits per heavy atom. The quantitative estimate of drug-likeness (QED) is 0.603. The van der Waals surface area contributed by atoms with Crippen LogP contribution in [0.1, 0.15) is 15.9 Å². The summed E-state index contributed by atoms with van der Waals surface area (Å²) in [7, 11) is 1.50. The van der Waals surface area contributed by atoms with E-state index in [0.717, 1.165) is 0 Å². The fraction of sp³-hybridized carbons (Fsp3) is 0.0667. The normalized spacial score (nSPS) is 9.56. The molecule has 3 nitrogen and oxygen atoms in total. The van der Waals surface area contributed by atoms with Crippen LogP contribution in [0.4, 0.5) is 5.69 Å². The van der Waals surface area contributed by atoms with E-state index in [2.05, 4.69) is 4.85 Å². The highest BCUT2D eigenvalue weighted by Gasteiger charge is 2.11. The van der Waals surface area contributed by atoms with E-state index in [-0.39, 0.29) is 5.78 Å². The van der Waals surface area contributed by atoms with Crippen LogP contribution < -0.4 is 4.74 Å². The van der Waals surface area contributed by atoms with E-state index in [1.54, 1.807) is 30.3 Å². The summed E-state index contributed by atoms with van der Waals surface area (Å²) < 4.78 is 5.05. The second-order valence-electron chi connectivity index (χ2n) is 3.69. The van der Waals surface area contributed by atoms with Crippen molar-refractivity contribution in [3.05, 3.63) is 71.1 Å². The van der Waals surface area contributed by atoms with E-state index in [4.69, 9.17) is 11.3 Å². The molecule has 2 rings (SSSR count). The standard InChI is InChI=1S/C15H11NO2/c1-16-13-10-12(8-9-14(13)18-2)15(17)11-6-4-3-5-7-11/h3-10H,2H3/i1-1. The molecule has 0 fully saturated rings. The molecule has 0 aromatic heterocycles. The highest BCUT2D eigenvalue weighted by atomic mass is 16.5. The monoisotopic (exact) mass is 236 g/mol. The van der Waals surface area contributed by atoms with Crippen molar-refractivity contribution >= 4 is 11.5 Å². The fourth-order valence-corrected chi connectivity index (χ4v) is 1.67. The van der Waals surface area contributed by atoms with Crippen molar-refractivity contribution in [2.75, 3.05) is 7.11 Å². The zero-order valence-corrected chi connectivity index (χ0v) is 9.88. The molecule has 0 amide bonds. The lowest BCUT2D eigenvalue weighted by Crippen LogP contribution is -2.00. The number of ketones is 1. The number of rotatable bonds is 3. The first-order valence-corrected chi connectivity index (χ1v) is 5.41. The number of ether oxygens (including phenoxy) is 1. The number of hydrogen-bond donors (Lipinski definition) is 0. The van der Waals surface area contributed by atoms with Gasteiger partial charge in [0.15, 0.2) is 5.78 Å². The highest BCUT2D eigenvalue weighted by molar-refractivity contribution is 6.09. The van der Waals surface area contributed by atoms with Crippen LogP contribution in [0.15, 0.2) is 48.5 Å². The van der Waals surface area contributed by atoms with Gasteiger partial charge in [-0.25, -0.2) is 4.85 Å². The maximum atomic E-state index is 12.2. The molecule has 0 aliphatic carbocycles. The van der Waals surface area contributed by atoms with E-state index < -0.39 is 0 Å². The first-order valence-electron chi connectivity index (χ1n) is 5.41. The minimum Gasteiger partial charge on any atom is -0.508 e. The maximum absolute atomic E-state index is 12.2. The minimum atomic E-state index is -0.0943. The van der Waals surface area contributed by atoms with Crippen molar-refractivity contribution in [2.45, 2.75) is 0 Å². The molecule has 0 bridgehead atoms. The molecule has 0 aliphatic heterocycles. The van der Waals surface area contributed by atoms with Gasteiger partial charge < -0.3 is 4.74 Å². The maximum Gasteiger partial charge on any atom is 0.228 e. The number of carbonyl (C=O) groups excluding carboxylic acids is 1. The number of nitrogens with zero attached hydrogens (tertiary/aromatic N) is 1. The first kappa shape index (κ1) is 11.9. The van der Waals surface area contributed by atoms with Crippen LogP contribution in [-0.4, -0.2) is 12.9 Å². The summed E-state index contributed by atoms with van der Waals surface area (Å²) >= 11 is 0. The van der Waals surface area contributed by atoms with Crippen LogP contribution in [0.25, 0.3) is 4.85 Å². The fourth-order valence-electron chi connectivity index (χ4n) is 1.67. The second-order valence-corrected chi connectivity index (χ2v) is 3.69. The van der Waals surface area contributed by atoms with Crippen LogP contribution in [0, 0.1) is 6.57 Å². The lowest BCUT2D eigenvalue weighted by molar-refractivity contribution is 0.103. The summed E-state index contributed by atoms with van der Waals surface area (Å²) in [6, 6.07) is 13.9. The third-order valence-electron chi connectivity index (χ3n) is 2.60. The zero-order valence-electron chi connectivity index (χ0n) is 9.88. The van der Waals surface area contributed by atoms with E-state index in [9.17, 15) is 4.79 Å². The number of hydrogen-bond acceptors (Lipinski definition) is 2. The van der Waals surface area contributed by atoms with Crippen molar-refractivity contribution in [1.29, 1.82) is 0 Å². The van der Waals surface area contributed by atoms with Crippen molar-refractivity contribution < 1.29 is 9.53 Å². The Kier molecular flexibility index (Phi) is 3.40. The molecule has 18 heavy (non-hydrogen) atoms. The lowest BCUT2D eigenvalue weighted by atomic mass is 10.0. The predicted octanol–water partition coefficient (Wildman–Crippen LogP) is 3.48. The predicted molar refractivity (Wildman–Crippen MR) is 69.1 cm³/mol. The molecular weight excluding hydrogens is 225 g/mol. The molecule has 88 valence electrons. The van der Waals surface area contributed by atoms with Gasteiger partial charge in [0.2, 0.25) is 5.69 Å². The topological polar surface area (TPSA) is 30.7 Å². The largest absolute Gasteiger partial charge is 0.508 e. The van der Waals surface area contributed by atoms with E-state index in [1.165, 1.54) is 7.11 Å². The Labute approximate surface area is 105 Å². The Morgan fingerprint density at radius 3 is 2.44 bits per heavy atom. The van der Waals surface area contributed by atoms with Crippen molar-refractivity contribution in [2.24, 2.45) is 0 Å². The highest BCUT2D eigenvalue weighted by Crippen LogP contribution is 2.29. The third-order valence-corrected chi connectivity index (χ3v) is 2.60. The van der Waals surface area contributed by atoms with Gasteiger partial charge in [0.1, 0.15) is 5.75 Å². The molecule has 0 aliphatic rings. The Hall–Kier alpha value is -2.60. The molecule has 0 atom stereocenters. The molecule has 0 saturated heterocycles. The molecular formula is C15H11NO2. The molecule has 2 aromatic carbocycles. The van der Waals surface area contributed by atoms with Crippen molar-refractivity contribution in [3.63, 3.8) is 0 Å². The summed E-state index contributed by atoms with van der Waals surface area (Å²) in [5, 5.41) is 0. The number of carbonyl (C=O) groups is 1. The average molecular weight is 236 g/mol. The Bertz CT molecular complexity index is 612. The van der Waals surface area contributed by atoms with Crippen molar-refractivity contribution in [1.82, 2.24) is 0 Å². The van der Waals surface area contributed by atoms with Gasteiger partial charge in [0.05, 0.1) is 13.7 Å². The average Bonchev–Trinajstić information content (AvgIpc) is 2.46. The van der Waals surface area contributed by atoms with Crippen molar-refractivity contribution in [3.8, 4) is 5.75 Å². The molecule has 0 saturated carbocycles. The van der Waals surface area contributed by atoms with Crippen LogP contribution in [0.3, 0.4) is 0 Å². The second kappa shape index (κ2) is 5.15. The van der Waals surface area contributed by atoms with Crippen LogP contribution in [-0.2, 0) is 0 Å². The summed E-state index contributed by atoms with van der Waals surface area (Å²) in [6.07, 6.45) is 0. The molecule has 0 N–H and O–H groups in total. The summed E-state index contributed by atoms with van der Waals surface area (Å²) in [4.78, 5) is 15.5. The number of benzene rings is 2. The third kappa shape index (κ3) is 2.23. The van der Waals surface area contributed by atoms with Gasteiger partial charge in [0, 0.05) is 11.1 Å². The SMILES string of the molecule is COc1ccc(C(=O)c2ccccc2)cc1[N+]#[11C-]. The molecule has 0 unspecified atom stereocenters. The van der Waals surface area contributed by atoms with Gasteiger partial charge in [0.25, 0.3) is 0 Å². The van der Waals surface area contributed by atoms with Gasteiger partial charge in [-0.3, -0.25) is 4.79 Å². The zero-order chi connectivity index (χ0) is 13.0. The van der Waals surface area contributed by atoms with Crippen LogP contribution >= 0.6 is 0 Å². The molecule has 0 spiro atoms. The molecule has 2 aromatic rings. The van der Waals surface area contributed by atoms with Gasteiger partial charge in [-0.15, -0.1) is 0 Å². The van der Waals surface area contributed by atoms with Gasteiger partial charge in [-0.05, 0) is 18.2 Å². The van der Waals surface area contributed by atoms with E-state index in [0.29, 0.717) is 22.6 Å². The lowest BCUT2D eigenvalue weighted by Gasteiger charge is -2.05. The first-order chi connectivity index (χ1) is 8.76. The smallest absolute Gasteiger partial charge is 0.228 e. The molecule has 3 heteroatoms. The van der Waals surface area contributed by atoms with Gasteiger partial charge in [-0.1, -0.05) is 30.3 Å². The van der Waals surface area contributed by atoms with Gasteiger partial charge in [-0.2, -0.15) is 0 Å². The summed E-state index contributed by atoms with van der Waals surface area (Å²) in [5.41, 5.74) is 1.45. The Balaban J connectivity index is 2.41. The van der Waals surface area contributed by atoms with E-state index >= 15 is 0 Å². The van der Waals surface area contributed by atoms with Crippen LogP contribution in [0.5, 0.6) is 5.75 Å². The minimum absolute atomic E-state index is 0.0943.